The van der Waals surface area contributed by atoms with Gasteiger partial charge in [0.2, 0.25) is 0 Å². The number of hydrogen-bond donors (Lipinski definition) is 1. The Morgan fingerprint density at radius 2 is 1.62 bits per heavy atom. The normalized spacial score (nSPS) is 53.8. The van der Waals surface area contributed by atoms with E-state index in [4.69, 9.17) is 0 Å². The molecular formula is C30H46O2. The van der Waals surface area contributed by atoms with Crippen molar-refractivity contribution >= 4 is 5.97 Å². The van der Waals surface area contributed by atoms with Crippen molar-refractivity contribution in [3.63, 3.8) is 0 Å². The molecular weight excluding hydrogens is 392 g/mol. The quantitative estimate of drug-likeness (QED) is 0.421. The molecule has 0 aromatic carbocycles. The second-order valence-corrected chi connectivity index (χ2v) is 14.5. The average molecular weight is 439 g/mol. The van der Waals surface area contributed by atoms with Crippen molar-refractivity contribution in [3.8, 4) is 0 Å². The molecule has 0 heterocycles. The second-order valence-electron chi connectivity index (χ2n) is 14.5. The fourth-order valence-corrected chi connectivity index (χ4v) is 10.2. The van der Waals surface area contributed by atoms with Crippen molar-refractivity contribution in [1.82, 2.24) is 0 Å². The Labute approximate surface area is 196 Å². The molecule has 0 radical (unpaired) electrons. The van der Waals surface area contributed by atoms with Crippen molar-refractivity contribution in [2.75, 3.05) is 0 Å². The SMILES string of the molecule is CC1(C)C=CC[C@]2(C)[C@H]3CC=C4[C@@H]5C[C@@](C)(C(=O)O)CC[C@]5(C)CC[C@@]4(C)[C@]3(C)CC[C@@H]12. The summed E-state index contributed by atoms with van der Waals surface area (Å²) in [6.07, 6.45) is 18.0. The molecule has 0 aromatic heterocycles. The Morgan fingerprint density at radius 3 is 2.31 bits per heavy atom. The molecule has 178 valence electrons. The Kier molecular flexibility index (Phi) is 4.65. The van der Waals surface area contributed by atoms with Crippen LogP contribution in [0.3, 0.4) is 0 Å². The van der Waals surface area contributed by atoms with Gasteiger partial charge < -0.3 is 5.11 Å². The molecule has 5 aliphatic carbocycles. The minimum atomic E-state index is -0.587. The van der Waals surface area contributed by atoms with E-state index >= 15 is 0 Å². The third kappa shape index (κ3) is 2.67. The molecule has 0 bridgehead atoms. The monoisotopic (exact) mass is 438 g/mol. The fraction of sp³-hybridized carbons (Fsp3) is 0.833. The molecule has 0 spiro atoms. The van der Waals surface area contributed by atoms with Crippen molar-refractivity contribution < 1.29 is 9.90 Å². The lowest BCUT2D eigenvalue weighted by atomic mass is 9.34. The van der Waals surface area contributed by atoms with Gasteiger partial charge in [0.15, 0.2) is 0 Å². The minimum Gasteiger partial charge on any atom is -0.481 e. The number of carbonyl (C=O) groups is 1. The van der Waals surface area contributed by atoms with E-state index in [-0.39, 0.29) is 16.2 Å². The number of hydrogen-bond acceptors (Lipinski definition) is 1. The molecule has 0 amide bonds. The van der Waals surface area contributed by atoms with Crippen LogP contribution >= 0.6 is 0 Å². The standard InChI is InChI=1S/C30H46O2/c1-25(2)12-8-13-28(5)22(25)11-14-30(7)23(28)10-9-20-21-19-27(4,24(31)32)16-15-26(21,3)17-18-29(20,30)6/h8-9,12,21-23H,10-11,13-19H2,1-7H3,(H,31,32)/t21-,22-,23+,26+,27-,28-,29+,30+/m0/s1. The van der Waals surface area contributed by atoms with Crippen molar-refractivity contribution in [2.45, 2.75) is 106 Å². The second kappa shape index (κ2) is 6.54. The summed E-state index contributed by atoms with van der Waals surface area (Å²) in [5.41, 5.74) is 2.53. The molecule has 0 aliphatic heterocycles. The molecule has 0 aromatic rings. The van der Waals surface area contributed by atoms with Gasteiger partial charge in [-0.3, -0.25) is 4.79 Å². The molecule has 1 N–H and O–H groups in total. The van der Waals surface area contributed by atoms with E-state index in [1.54, 1.807) is 5.57 Å². The topological polar surface area (TPSA) is 37.3 Å². The summed E-state index contributed by atoms with van der Waals surface area (Å²) in [4.78, 5) is 12.2. The van der Waals surface area contributed by atoms with Crippen LogP contribution in [0, 0.1) is 50.2 Å². The lowest BCUT2D eigenvalue weighted by molar-refractivity contribution is -0.167. The zero-order valence-electron chi connectivity index (χ0n) is 21.7. The van der Waals surface area contributed by atoms with Crippen LogP contribution in [0.5, 0.6) is 0 Å². The van der Waals surface area contributed by atoms with E-state index in [9.17, 15) is 9.90 Å². The lowest BCUT2D eigenvalue weighted by Gasteiger charge is -2.70. The van der Waals surface area contributed by atoms with Crippen LogP contribution in [0.2, 0.25) is 0 Å². The summed E-state index contributed by atoms with van der Waals surface area (Å²) < 4.78 is 0. The van der Waals surface area contributed by atoms with Crippen LogP contribution in [-0.2, 0) is 4.79 Å². The number of carboxylic acid groups (broad SMARTS) is 1. The van der Waals surface area contributed by atoms with Crippen LogP contribution in [0.15, 0.2) is 23.8 Å². The number of rotatable bonds is 1. The molecule has 5 rings (SSSR count). The minimum absolute atomic E-state index is 0.204. The third-order valence-electron chi connectivity index (χ3n) is 12.6. The molecule has 3 fully saturated rings. The van der Waals surface area contributed by atoms with Crippen molar-refractivity contribution in [3.05, 3.63) is 23.8 Å². The van der Waals surface area contributed by atoms with Gasteiger partial charge in [-0.15, -0.1) is 0 Å². The summed E-state index contributed by atoms with van der Waals surface area (Å²) in [6.45, 7) is 17.2. The first-order valence-corrected chi connectivity index (χ1v) is 13.3. The summed E-state index contributed by atoms with van der Waals surface area (Å²) in [5, 5.41) is 10.1. The van der Waals surface area contributed by atoms with Crippen molar-refractivity contribution in [1.29, 1.82) is 0 Å². The highest BCUT2D eigenvalue weighted by Gasteiger charge is 2.67. The van der Waals surface area contributed by atoms with E-state index in [1.807, 2.05) is 6.92 Å². The van der Waals surface area contributed by atoms with Crippen molar-refractivity contribution in [2.24, 2.45) is 50.2 Å². The van der Waals surface area contributed by atoms with Crippen LogP contribution < -0.4 is 0 Å². The molecule has 5 aliphatic rings. The van der Waals surface area contributed by atoms with Gasteiger partial charge in [0, 0.05) is 0 Å². The van der Waals surface area contributed by atoms with Gasteiger partial charge >= 0.3 is 5.97 Å². The third-order valence-corrected chi connectivity index (χ3v) is 12.6. The molecule has 3 saturated carbocycles. The fourth-order valence-electron chi connectivity index (χ4n) is 10.2. The highest BCUT2D eigenvalue weighted by Crippen LogP contribution is 2.75. The maximum absolute atomic E-state index is 12.2. The number of aliphatic carboxylic acids is 1. The zero-order valence-corrected chi connectivity index (χ0v) is 21.7. The number of carboxylic acids is 1. The summed E-state index contributed by atoms with van der Waals surface area (Å²) in [6, 6.07) is 0. The van der Waals surface area contributed by atoms with Crippen LogP contribution in [0.1, 0.15) is 106 Å². The first-order chi connectivity index (χ1) is 14.7. The Hall–Kier alpha value is -1.05. The first-order valence-electron chi connectivity index (χ1n) is 13.3. The number of fused-ring (bicyclic) bond motifs is 7. The van der Waals surface area contributed by atoms with E-state index < -0.39 is 11.4 Å². The van der Waals surface area contributed by atoms with E-state index in [0.717, 1.165) is 25.2 Å². The summed E-state index contributed by atoms with van der Waals surface area (Å²) in [7, 11) is 0. The molecule has 8 atom stereocenters. The molecule has 0 unspecified atom stereocenters. The van der Waals surface area contributed by atoms with Crippen LogP contribution in [0.25, 0.3) is 0 Å². The predicted molar refractivity (Wildman–Crippen MR) is 131 cm³/mol. The van der Waals surface area contributed by atoms with Gasteiger partial charge in [0.25, 0.3) is 0 Å². The van der Waals surface area contributed by atoms with E-state index in [1.165, 1.54) is 38.5 Å². The summed E-state index contributed by atoms with van der Waals surface area (Å²) >= 11 is 0. The molecule has 32 heavy (non-hydrogen) atoms. The zero-order chi connectivity index (χ0) is 23.4. The highest BCUT2D eigenvalue weighted by molar-refractivity contribution is 5.74. The van der Waals surface area contributed by atoms with Crippen LogP contribution in [0.4, 0.5) is 0 Å². The highest BCUT2D eigenvalue weighted by atomic mass is 16.4. The van der Waals surface area contributed by atoms with E-state index in [2.05, 4.69) is 59.8 Å². The number of allylic oxidation sites excluding steroid dienone is 4. The van der Waals surface area contributed by atoms with Gasteiger partial charge in [-0.1, -0.05) is 65.3 Å². The molecule has 2 heteroatoms. The first kappa shape index (κ1) is 22.7. The van der Waals surface area contributed by atoms with E-state index in [0.29, 0.717) is 22.7 Å². The van der Waals surface area contributed by atoms with Gasteiger partial charge in [-0.2, -0.15) is 0 Å². The van der Waals surface area contributed by atoms with Gasteiger partial charge in [-0.25, -0.2) is 0 Å². The molecule has 0 saturated heterocycles. The van der Waals surface area contributed by atoms with Gasteiger partial charge in [0.05, 0.1) is 5.41 Å². The Morgan fingerprint density at radius 1 is 0.938 bits per heavy atom. The molecule has 2 nitrogen and oxygen atoms in total. The Balaban J connectivity index is 1.58. The van der Waals surface area contributed by atoms with Gasteiger partial charge in [0.1, 0.15) is 0 Å². The predicted octanol–water partition coefficient (Wildman–Crippen LogP) is 8.04. The van der Waals surface area contributed by atoms with Crippen LogP contribution in [-0.4, -0.2) is 11.1 Å². The maximum Gasteiger partial charge on any atom is 0.309 e. The largest absolute Gasteiger partial charge is 0.481 e. The maximum atomic E-state index is 12.2. The van der Waals surface area contributed by atoms with Gasteiger partial charge in [-0.05, 0) is 110 Å². The average Bonchev–Trinajstić information content (AvgIpc) is 2.69. The Bertz CT molecular complexity index is 897. The smallest absolute Gasteiger partial charge is 0.309 e. The lowest BCUT2D eigenvalue weighted by Crippen LogP contribution is -2.62. The summed E-state index contributed by atoms with van der Waals surface area (Å²) in [5.74, 6) is 1.32.